The first kappa shape index (κ1) is 11.9. The van der Waals surface area contributed by atoms with Crippen LogP contribution < -0.4 is 4.74 Å². The van der Waals surface area contributed by atoms with Crippen LogP contribution in [0, 0.1) is 12.8 Å². The van der Waals surface area contributed by atoms with Gasteiger partial charge in [0.2, 0.25) is 5.88 Å². The molecule has 20 heavy (non-hydrogen) atoms. The molecule has 0 atom stereocenters. The summed E-state index contributed by atoms with van der Waals surface area (Å²) < 4.78 is 8.02. The Hall–Kier alpha value is -1.91. The average molecular weight is 270 g/mol. The van der Waals surface area contributed by atoms with E-state index in [2.05, 4.69) is 19.7 Å². The van der Waals surface area contributed by atoms with Crippen molar-refractivity contribution in [2.45, 2.75) is 39.2 Å². The second-order valence-electron chi connectivity index (χ2n) is 5.72. The van der Waals surface area contributed by atoms with E-state index in [-0.39, 0.29) is 0 Å². The van der Waals surface area contributed by atoms with Crippen molar-refractivity contribution in [2.75, 3.05) is 6.61 Å². The molecule has 1 fully saturated rings. The maximum absolute atomic E-state index is 5.94. The number of rotatable bonds is 4. The maximum Gasteiger partial charge on any atom is 0.224 e. The van der Waals surface area contributed by atoms with Gasteiger partial charge in [-0.25, -0.2) is 4.98 Å². The molecule has 1 aliphatic carbocycles. The van der Waals surface area contributed by atoms with E-state index in [9.17, 15) is 0 Å². The molecule has 0 saturated heterocycles. The van der Waals surface area contributed by atoms with Gasteiger partial charge in [-0.1, -0.05) is 0 Å². The van der Waals surface area contributed by atoms with Crippen LogP contribution in [0.4, 0.5) is 0 Å². The molecular formula is C15H18N4O. The Kier molecular flexibility index (Phi) is 2.72. The molecule has 3 heterocycles. The van der Waals surface area contributed by atoms with Gasteiger partial charge in [-0.3, -0.25) is 4.68 Å². The summed E-state index contributed by atoms with van der Waals surface area (Å²) in [7, 11) is 0. The summed E-state index contributed by atoms with van der Waals surface area (Å²) in [4.78, 5) is 8.82. The topological polar surface area (TPSA) is 52.8 Å². The molecular weight excluding hydrogens is 252 g/mol. The lowest BCUT2D eigenvalue weighted by atomic mass is 10.1. The molecule has 1 aliphatic heterocycles. The number of hydrogen-bond donors (Lipinski definition) is 0. The zero-order valence-corrected chi connectivity index (χ0v) is 11.7. The number of aromatic nitrogens is 4. The highest BCUT2D eigenvalue weighted by Crippen LogP contribution is 2.35. The predicted octanol–water partition coefficient (Wildman–Crippen LogP) is 2.38. The Morgan fingerprint density at radius 3 is 3.05 bits per heavy atom. The van der Waals surface area contributed by atoms with Gasteiger partial charge >= 0.3 is 0 Å². The minimum atomic E-state index is 0.715. The van der Waals surface area contributed by atoms with Crippen molar-refractivity contribution in [1.29, 1.82) is 0 Å². The van der Waals surface area contributed by atoms with Crippen molar-refractivity contribution >= 4 is 0 Å². The van der Waals surface area contributed by atoms with Gasteiger partial charge in [0.25, 0.3) is 0 Å². The van der Waals surface area contributed by atoms with E-state index >= 15 is 0 Å². The normalized spacial score (nSPS) is 17.2. The smallest absolute Gasteiger partial charge is 0.224 e. The van der Waals surface area contributed by atoms with Crippen molar-refractivity contribution in [2.24, 2.45) is 5.92 Å². The first-order valence-corrected chi connectivity index (χ1v) is 7.33. The minimum absolute atomic E-state index is 0.715. The molecule has 2 aromatic heterocycles. The number of aryl methyl sites for hydroxylation is 2. The fourth-order valence-electron chi connectivity index (χ4n) is 2.71. The van der Waals surface area contributed by atoms with Crippen molar-refractivity contribution < 1.29 is 4.74 Å². The van der Waals surface area contributed by atoms with Crippen LogP contribution in [0.25, 0.3) is 11.1 Å². The summed E-state index contributed by atoms with van der Waals surface area (Å²) >= 11 is 0. The van der Waals surface area contributed by atoms with Crippen LogP contribution in [0.2, 0.25) is 0 Å². The van der Waals surface area contributed by atoms with Crippen molar-refractivity contribution in [3.63, 3.8) is 0 Å². The Balaban J connectivity index is 1.71. The van der Waals surface area contributed by atoms with Crippen LogP contribution in [-0.4, -0.2) is 26.4 Å². The Morgan fingerprint density at radius 2 is 2.20 bits per heavy atom. The van der Waals surface area contributed by atoms with E-state index in [4.69, 9.17) is 4.74 Å². The molecule has 0 radical (unpaired) electrons. The lowest BCUT2D eigenvalue weighted by Crippen LogP contribution is -2.04. The number of nitrogens with zero attached hydrogens (tertiary/aromatic N) is 4. The summed E-state index contributed by atoms with van der Waals surface area (Å²) in [5.41, 5.74) is 3.40. The van der Waals surface area contributed by atoms with Crippen LogP contribution >= 0.6 is 0 Å². The lowest BCUT2D eigenvalue weighted by molar-refractivity contribution is 0.288. The van der Waals surface area contributed by atoms with Gasteiger partial charge in [-0.2, -0.15) is 10.1 Å². The highest BCUT2D eigenvalue weighted by Gasteiger charge is 2.25. The van der Waals surface area contributed by atoms with E-state index in [0.29, 0.717) is 5.88 Å². The van der Waals surface area contributed by atoms with Gasteiger partial charge in [0.1, 0.15) is 5.82 Å². The highest BCUT2D eigenvalue weighted by atomic mass is 16.5. The van der Waals surface area contributed by atoms with Gasteiger partial charge in [0.15, 0.2) is 0 Å². The molecule has 0 amide bonds. The molecule has 2 aliphatic rings. The fourth-order valence-corrected chi connectivity index (χ4v) is 2.71. The SMILES string of the molecule is Cc1ncc(-c2cnn3c2CCC3)c(OCC2CC2)n1. The van der Waals surface area contributed by atoms with Crippen LogP contribution in [-0.2, 0) is 13.0 Å². The van der Waals surface area contributed by atoms with Crippen molar-refractivity contribution in [3.05, 3.63) is 23.9 Å². The van der Waals surface area contributed by atoms with E-state index in [1.165, 1.54) is 25.0 Å². The third-order valence-electron chi connectivity index (χ3n) is 4.05. The van der Waals surface area contributed by atoms with E-state index < -0.39 is 0 Å². The van der Waals surface area contributed by atoms with Gasteiger partial charge < -0.3 is 4.74 Å². The minimum Gasteiger partial charge on any atom is -0.477 e. The van der Waals surface area contributed by atoms with Crippen LogP contribution in [0.3, 0.4) is 0 Å². The van der Waals surface area contributed by atoms with E-state index in [1.807, 2.05) is 19.3 Å². The first-order chi connectivity index (χ1) is 9.81. The summed E-state index contributed by atoms with van der Waals surface area (Å²) in [6.45, 7) is 3.68. The fraction of sp³-hybridized carbons (Fsp3) is 0.533. The maximum atomic E-state index is 5.94. The molecule has 0 bridgehead atoms. The number of fused-ring (bicyclic) bond motifs is 1. The van der Waals surface area contributed by atoms with Crippen LogP contribution in [0.15, 0.2) is 12.4 Å². The first-order valence-electron chi connectivity index (χ1n) is 7.33. The molecule has 0 unspecified atom stereocenters. The van der Waals surface area contributed by atoms with E-state index in [0.717, 1.165) is 42.4 Å². The molecule has 2 aromatic rings. The van der Waals surface area contributed by atoms with Gasteiger partial charge in [0.05, 0.1) is 18.4 Å². The predicted molar refractivity (Wildman–Crippen MR) is 74.5 cm³/mol. The van der Waals surface area contributed by atoms with Gasteiger partial charge in [-0.05, 0) is 38.5 Å². The molecule has 5 heteroatoms. The van der Waals surface area contributed by atoms with Crippen molar-refractivity contribution in [3.8, 4) is 17.0 Å². The lowest BCUT2D eigenvalue weighted by Gasteiger charge is -2.10. The van der Waals surface area contributed by atoms with Crippen molar-refractivity contribution in [1.82, 2.24) is 19.7 Å². The highest BCUT2D eigenvalue weighted by molar-refractivity contribution is 5.69. The molecule has 0 aromatic carbocycles. The summed E-state index contributed by atoms with van der Waals surface area (Å²) in [6, 6.07) is 0. The summed E-state index contributed by atoms with van der Waals surface area (Å²) in [5.74, 6) is 2.19. The number of ether oxygens (including phenoxy) is 1. The monoisotopic (exact) mass is 270 g/mol. The average Bonchev–Trinajstić information content (AvgIpc) is 3.00. The third-order valence-corrected chi connectivity index (χ3v) is 4.05. The van der Waals surface area contributed by atoms with Gasteiger partial charge in [-0.15, -0.1) is 0 Å². The molecule has 104 valence electrons. The Labute approximate surface area is 118 Å². The zero-order valence-electron chi connectivity index (χ0n) is 11.7. The third kappa shape index (κ3) is 2.07. The van der Waals surface area contributed by atoms with Gasteiger partial charge in [0, 0.05) is 24.0 Å². The molecule has 0 spiro atoms. The standard InChI is InChI=1S/C15H18N4O/c1-10-16-7-13(15(18-10)20-9-11-4-5-11)12-8-17-19-6-2-3-14(12)19/h7-8,11H,2-6,9H2,1H3. The Morgan fingerprint density at radius 1 is 1.30 bits per heavy atom. The molecule has 5 nitrogen and oxygen atoms in total. The van der Waals surface area contributed by atoms with E-state index in [1.54, 1.807) is 0 Å². The molecule has 0 N–H and O–H groups in total. The second-order valence-corrected chi connectivity index (χ2v) is 5.72. The van der Waals surface area contributed by atoms with Crippen LogP contribution in [0.1, 0.15) is 30.8 Å². The second kappa shape index (κ2) is 4.58. The summed E-state index contributed by atoms with van der Waals surface area (Å²) in [6.07, 6.45) is 8.60. The summed E-state index contributed by atoms with van der Waals surface area (Å²) in [5, 5.41) is 4.45. The Bertz CT molecular complexity index is 645. The quantitative estimate of drug-likeness (QED) is 0.856. The zero-order chi connectivity index (χ0) is 13.5. The van der Waals surface area contributed by atoms with Crippen LogP contribution in [0.5, 0.6) is 5.88 Å². The largest absolute Gasteiger partial charge is 0.477 e. The number of hydrogen-bond acceptors (Lipinski definition) is 4. The molecule has 1 saturated carbocycles. The molecule has 4 rings (SSSR count).